The van der Waals surface area contributed by atoms with Gasteiger partial charge in [0.05, 0.1) is 0 Å². The minimum atomic E-state index is -1.03. The fraction of sp³-hybridized carbons (Fsp3) is 0.200. The van der Waals surface area contributed by atoms with Crippen molar-refractivity contribution in [3.05, 3.63) is 47.8 Å². The minimum Gasteiger partial charge on any atom is -0.480 e. The molecule has 1 amide bonds. The Morgan fingerprint density at radius 2 is 1.82 bits per heavy atom. The maximum atomic E-state index is 12.0. The van der Waals surface area contributed by atoms with Crippen molar-refractivity contribution >= 4 is 23.3 Å². The van der Waals surface area contributed by atoms with Crippen molar-refractivity contribution in [3.63, 3.8) is 0 Å². The standard InChI is InChI=1S/C15H15N3O4/c1-9(15(21)22)18-8-7-13(17-18)14(20)16-12-5-3-11(4-6-12)10(2)19/h3-9H,1-2H3,(H,16,20)(H,21,22). The molecular formula is C15H15N3O4. The molecule has 0 fully saturated rings. The van der Waals surface area contributed by atoms with E-state index in [0.29, 0.717) is 11.3 Å². The summed E-state index contributed by atoms with van der Waals surface area (Å²) in [5.41, 5.74) is 1.19. The number of aromatic nitrogens is 2. The molecule has 1 atom stereocenters. The molecule has 0 aliphatic rings. The van der Waals surface area contributed by atoms with Gasteiger partial charge in [0, 0.05) is 17.4 Å². The Kier molecular flexibility index (Phi) is 4.36. The lowest BCUT2D eigenvalue weighted by Crippen LogP contribution is -2.18. The van der Waals surface area contributed by atoms with Gasteiger partial charge in [0.2, 0.25) is 0 Å². The lowest BCUT2D eigenvalue weighted by molar-refractivity contribution is -0.140. The Bertz CT molecular complexity index is 719. The summed E-state index contributed by atoms with van der Waals surface area (Å²) in [4.78, 5) is 34.1. The third-order valence-corrected chi connectivity index (χ3v) is 3.14. The Balaban J connectivity index is 2.09. The number of carboxylic acid groups (broad SMARTS) is 1. The van der Waals surface area contributed by atoms with Gasteiger partial charge in [-0.05, 0) is 44.2 Å². The molecule has 0 aliphatic carbocycles. The lowest BCUT2D eigenvalue weighted by Gasteiger charge is -2.06. The van der Waals surface area contributed by atoms with Crippen LogP contribution in [0.25, 0.3) is 0 Å². The molecule has 0 saturated heterocycles. The summed E-state index contributed by atoms with van der Waals surface area (Å²) in [6.45, 7) is 2.93. The van der Waals surface area contributed by atoms with Crippen molar-refractivity contribution in [2.75, 3.05) is 5.32 Å². The fourth-order valence-electron chi connectivity index (χ4n) is 1.77. The highest BCUT2D eigenvalue weighted by atomic mass is 16.4. The number of carbonyl (C=O) groups excluding carboxylic acids is 2. The molecular weight excluding hydrogens is 286 g/mol. The number of carbonyl (C=O) groups is 3. The van der Waals surface area contributed by atoms with Crippen LogP contribution in [0.5, 0.6) is 0 Å². The number of amides is 1. The number of ketones is 1. The molecule has 114 valence electrons. The number of anilines is 1. The molecule has 0 spiro atoms. The van der Waals surface area contributed by atoms with Crippen LogP contribution in [-0.4, -0.2) is 32.5 Å². The first-order chi connectivity index (χ1) is 10.4. The van der Waals surface area contributed by atoms with Gasteiger partial charge in [-0.25, -0.2) is 4.79 Å². The van der Waals surface area contributed by atoms with E-state index in [1.165, 1.54) is 30.8 Å². The van der Waals surface area contributed by atoms with E-state index >= 15 is 0 Å². The summed E-state index contributed by atoms with van der Waals surface area (Å²) in [5, 5.41) is 15.5. The van der Waals surface area contributed by atoms with Gasteiger partial charge in [0.25, 0.3) is 5.91 Å². The number of Topliss-reactive ketones (excluding diaryl/α,β-unsaturated/α-hetero) is 1. The number of hydrogen-bond donors (Lipinski definition) is 2. The summed E-state index contributed by atoms with van der Waals surface area (Å²) in [6.07, 6.45) is 1.44. The number of benzene rings is 1. The molecule has 7 heteroatoms. The van der Waals surface area contributed by atoms with Gasteiger partial charge in [-0.3, -0.25) is 14.3 Å². The van der Waals surface area contributed by atoms with Gasteiger partial charge in [0.15, 0.2) is 11.5 Å². The Morgan fingerprint density at radius 1 is 1.18 bits per heavy atom. The van der Waals surface area contributed by atoms with Gasteiger partial charge in [0.1, 0.15) is 6.04 Å². The fourth-order valence-corrected chi connectivity index (χ4v) is 1.77. The molecule has 2 rings (SSSR count). The van der Waals surface area contributed by atoms with Crippen molar-refractivity contribution in [2.45, 2.75) is 19.9 Å². The van der Waals surface area contributed by atoms with Gasteiger partial charge in [-0.1, -0.05) is 0 Å². The van der Waals surface area contributed by atoms with Crippen molar-refractivity contribution in [1.29, 1.82) is 0 Å². The molecule has 0 saturated carbocycles. The maximum absolute atomic E-state index is 12.0. The quantitative estimate of drug-likeness (QED) is 0.822. The molecule has 1 aromatic heterocycles. The highest BCUT2D eigenvalue weighted by Gasteiger charge is 2.17. The van der Waals surface area contributed by atoms with Crippen LogP contribution < -0.4 is 5.32 Å². The molecule has 0 radical (unpaired) electrons. The first-order valence-corrected chi connectivity index (χ1v) is 6.59. The van der Waals surface area contributed by atoms with E-state index in [1.54, 1.807) is 24.3 Å². The van der Waals surface area contributed by atoms with Crippen LogP contribution in [0, 0.1) is 0 Å². The van der Waals surface area contributed by atoms with Crippen LogP contribution >= 0.6 is 0 Å². The van der Waals surface area contributed by atoms with Crippen molar-refractivity contribution in [3.8, 4) is 0 Å². The molecule has 0 aliphatic heterocycles. The summed E-state index contributed by atoms with van der Waals surface area (Å²) >= 11 is 0. The maximum Gasteiger partial charge on any atom is 0.328 e. The van der Waals surface area contributed by atoms with Crippen molar-refractivity contribution in [2.24, 2.45) is 0 Å². The summed E-state index contributed by atoms with van der Waals surface area (Å²) in [5.74, 6) is -1.54. The van der Waals surface area contributed by atoms with Gasteiger partial charge in [-0.15, -0.1) is 0 Å². The second-order valence-electron chi connectivity index (χ2n) is 4.78. The average molecular weight is 301 g/mol. The Labute approximate surface area is 126 Å². The molecule has 22 heavy (non-hydrogen) atoms. The Morgan fingerprint density at radius 3 is 2.36 bits per heavy atom. The highest BCUT2D eigenvalue weighted by Crippen LogP contribution is 2.12. The predicted molar refractivity (Wildman–Crippen MR) is 79.0 cm³/mol. The molecule has 1 aromatic carbocycles. The van der Waals surface area contributed by atoms with Crippen LogP contribution in [-0.2, 0) is 4.79 Å². The van der Waals surface area contributed by atoms with E-state index in [2.05, 4.69) is 10.4 Å². The minimum absolute atomic E-state index is 0.0562. The second-order valence-corrected chi connectivity index (χ2v) is 4.78. The smallest absolute Gasteiger partial charge is 0.328 e. The number of hydrogen-bond acceptors (Lipinski definition) is 4. The van der Waals surface area contributed by atoms with Gasteiger partial charge >= 0.3 is 5.97 Å². The first kappa shape index (κ1) is 15.4. The van der Waals surface area contributed by atoms with Gasteiger partial charge < -0.3 is 10.4 Å². The normalized spacial score (nSPS) is 11.7. The third-order valence-electron chi connectivity index (χ3n) is 3.14. The SMILES string of the molecule is CC(=O)c1ccc(NC(=O)c2ccn(C(C)C(=O)O)n2)cc1. The lowest BCUT2D eigenvalue weighted by atomic mass is 10.1. The molecule has 2 aromatic rings. The van der Waals surface area contributed by atoms with Crippen LogP contribution in [0.3, 0.4) is 0 Å². The van der Waals surface area contributed by atoms with E-state index in [1.807, 2.05) is 0 Å². The van der Waals surface area contributed by atoms with E-state index < -0.39 is 17.9 Å². The zero-order valence-electron chi connectivity index (χ0n) is 12.1. The van der Waals surface area contributed by atoms with Crippen LogP contribution in [0.15, 0.2) is 36.5 Å². The van der Waals surface area contributed by atoms with Crippen molar-refractivity contribution < 1.29 is 19.5 Å². The first-order valence-electron chi connectivity index (χ1n) is 6.59. The van der Waals surface area contributed by atoms with Crippen molar-refractivity contribution in [1.82, 2.24) is 9.78 Å². The van der Waals surface area contributed by atoms with Gasteiger partial charge in [-0.2, -0.15) is 5.10 Å². The molecule has 0 bridgehead atoms. The third kappa shape index (κ3) is 3.38. The topological polar surface area (TPSA) is 101 Å². The van der Waals surface area contributed by atoms with E-state index in [4.69, 9.17) is 5.11 Å². The van der Waals surface area contributed by atoms with Crippen LogP contribution in [0.4, 0.5) is 5.69 Å². The predicted octanol–water partition coefficient (Wildman–Crippen LogP) is 1.98. The number of aliphatic carboxylic acids is 1. The number of nitrogens with zero attached hydrogens (tertiary/aromatic N) is 2. The van der Waals surface area contributed by atoms with Crippen LogP contribution in [0.1, 0.15) is 40.7 Å². The monoisotopic (exact) mass is 301 g/mol. The molecule has 1 unspecified atom stereocenters. The number of nitrogens with one attached hydrogen (secondary N) is 1. The second kappa shape index (κ2) is 6.21. The van der Waals surface area contributed by atoms with E-state index in [-0.39, 0.29) is 11.5 Å². The summed E-state index contributed by atoms with van der Waals surface area (Å²) in [6, 6.07) is 7.05. The molecule has 2 N–H and O–H groups in total. The summed E-state index contributed by atoms with van der Waals surface area (Å²) in [7, 11) is 0. The largest absolute Gasteiger partial charge is 0.480 e. The summed E-state index contributed by atoms with van der Waals surface area (Å²) < 4.78 is 1.20. The van der Waals surface area contributed by atoms with E-state index in [9.17, 15) is 14.4 Å². The van der Waals surface area contributed by atoms with E-state index in [0.717, 1.165) is 0 Å². The molecule has 1 heterocycles. The zero-order chi connectivity index (χ0) is 16.3. The van der Waals surface area contributed by atoms with Crippen LogP contribution in [0.2, 0.25) is 0 Å². The number of rotatable bonds is 5. The Hall–Kier alpha value is -2.96. The zero-order valence-corrected chi connectivity index (χ0v) is 12.1. The average Bonchev–Trinajstić information content (AvgIpc) is 2.96. The highest BCUT2D eigenvalue weighted by molar-refractivity contribution is 6.03. The molecule has 7 nitrogen and oxygen atoms in total. The number of carboxylic acids is 1.